The number of likely N-dealkylation sites (tertiary alicyclic amines) is 1. The minimum absolute atomic E-state index is 0.649. The molecule has 0 N–H and O–H groups in total. The molecular weight excluding hydrogens is 374 g/mol. The Hall–Kier alpha value is -2.30. The van der Waals surface area contributed by atoms with Gasteiger partial charge in [0.15, 0.2) is 0 Å². The molecule has 4 aromatic rings. The summed E-state index contributed by atoms with van der Waals surface area (Å²) in [7, 11) is 0. The highest BCUT2D eigenvalue weighted by Crippen LogP contribution is 2.44. The first-order chi connectivity index (χ1) is 14.2. The Morgan fingerprint density at radius 2 is 1.90 bits per heavy atom. The second kappa shape index (κ2) is 6.89. The molecule has 1 aliphatic heterocycles. The molecule has 2 aromatic carbocycles. The van der Waals surface area contributed by atoms with Gasteiger partial charge in [0.25, 0.3) is 0 Å². The van der Waals surface area contributed by atoms with E-state index in [2.05, 4.69) is 59.3 Å². The van der Waals surface area contributed by atoms with Gasteiger partial charge in [-0.05, 0) is 69.0 Å². The minimum atomic E-state index is 0.649. The molecule has 146 valence electrons. The lowest BCUT2D eigenvalue weighted by Gasteiger charge is -2.42. The van der Waals surface area contributed by atoms with Crippen molar-refractivity contribution in [2.45, 2.75) is 50.6 Å². The van der Waals surface area contributed by atoms with E-state index in [1.54, 1.807) is 0 Å². The van der Waals surface area contributed by atoms with Crippen molar-refractivity contribution < 1.29 is 0 Å². The second-order valence-electron chi connectivity index (χ2n) is 8.70. The van der Waals surface area contributed by atoms with Gasteiger partial charge in [0.05, 0.1) is 20.7 Å². The average Bonchev–Trinajstić information content (AvgIpc) is 3.32. The highest BCUT2D eigenvalue weighted by atomic mass is 32.1. The summed E-state index contributed by atoms with van der Waals surface area (Å²) in [5.41, 5.74) is 4.58. The highest BCUT2D eigenvalue weighted by molar-refractivity contribution is 7.18. The van der Waals surface area contributed by atoms with Crippen LogP contribution in [0.25, 0.3) is 32.2 Å². The van der Waals surface area contributed by atoms with Crippen LogP contribution in [0.2, 0.25) is 0 Å². The Morgan fingerprint density at radius 1 is 1.00 bits per heavy atom. The van der Waals surface area contributed by atoms with E-state index in [0.717, 1.165) is 23.1 Å². The van der Waals surface area contributed by atoms with Crippen LogP contribution in [0.5, 0.6) is 0 Å². The Labute approximate surface area is 175 Å². The van der Waals surface area contributed by atoms with Crippen LogP contribution in [0, 0.1) is 0 Å². The van der Waals surface area contributed by atoms with Crippen molar-refractivity contribution in [1.29, 1.82) is 0 Å². The van der Waals surface area contributed by atoms with Crippen molar-refractivity contribution in [3.63, 3.8) is 0 Å². The van der Waals surface area contributed by atoms with Gasteiger partial charge >= 0.3 is 0 Å². The largest absolute Gasteiger partial charge is 0.298 e. The molecular formula is C25H25N3S. The van der Waals surface area contributed by atoms with Crippen LogP contribution in [-0.4, -0.2) is 33.5 Å². The number of hydrogen-bond donors (Lipinski definition) is 0. The van der Waals surface area contributed by atoms with Crippen LogP contribution < -0.4 is 0 Å². The van der Waals surface area contributed by atoms with Gasteiger partial charge in [-0.2, -0.15) is 0 Å². The molecule has 2 fully saturated rings. The SMILES string of the molecule is C[C@@H]1CCCN1C1CC(c2nc3ccc(-c4cnc5ccccc5c4)cc3s2)C1. The summed E-state index contributed by atoms with van der Waals surface area (Å²) in [5, 5.41) is 2.52. The molecule has 0 amide bonds. The third-order valence-corrected chi connectivity index (χ3v) is 8.05. The number of hydrogen-bond acceptors (Lipinski definition) is 4. The van der Waals surface area contributed by atoms with E-state index in [0.29, 0.717) is 5.92 Å². The first-order valence-electron chi connectivity index (χ1n) is 10.8. The Kier molecular flexibility index (Phi) is 4.17. The van der Waals surface area contributed by atoms with E-state index in [9.17, 15) is 0 Å². The predicted molar refractivity (Wildman–Crippen MR) is 122 cm³/mol. The summed E-state index contributed by atoms with van der Waals surface area (Å²) in [6.45, 7) is 3.68. The van der Waals surface area contributed by atoms with Crippen molar-refractivity contribution >= 4 is 32.5 Å². The summed E-state index contributed by atoms with van der Waals surface area (Å²) in [6, 6.07) is 18.7. The van der Waals surface area contributed by atoms with Crippen LogP contribution in [0.3, 0.4) is 0 Å². The Morgan fingerprint density at radius 3 is 2.76 bits per heavy atom. The molecule has 29 heavy (non-hydrogen) atoms. The quantitative estimate of drug-likeness (QED) is 0.408. The van der Waals surface area contributed by atoms with E-state index in [-0.39, 0.29) is 0 Å². The number of nitrogens with zero attached hydrogens (tertiary/aromatic N) is 3. The van der Waals surface area contributed by atoms with Gasteiger partial charge in [-0.1, -0.05) is 24.3 Å². The summed E-state index contributed by atoms with van der Waals surface area (Å²) >= 11 is 1.89. The predicted octanol–water partition coefficient (Wildman–Crippen LogP) is 6.24. The van der Waals surface area contributed by atoms with E-state index in [4.69, 9.17) is 4.98 Å². The fourth-order valence-electron chi connectivity index (χ4n) is 5.08. The zero-order valence-electron chi connectivity index (χ0n) is 16.7. The molecule has 1 atom stereocenters. The number of rotatable bonds is 3. The Bertz CT molecular complexity index is 1190. The maximum absolute atomic E-state index is 4.98. The number of benzene rings is 2. The third-order valence-electron chi connectivity index (χ3n) is 6.86. The highest BCUT2D eigenvalue weighted by Gasteiger charge is 2.39. The lowest BCUT2D eigenvalue weighted by molar-refractivity contribution is 0.103. The van der Waals surface area contributed by atoms with Crippen LogP contribution in [0.4, 0.5) is 0 Å². The van der Waals surface area contributed by atoms with Crippen molar-refractivity contribution in [3.8, 4) is 11.1 Å². The molecule has 3 nitrogen and oxygen atoms in total. The first-order valence-corrected chi connectivity index (χ1v) is 11.6. The molecule has 6 rings (SSSR count). The lowest BCUT2D eigenvalue weighted by Crippen LogP contribution is -2.45. The standard InChI is InChI=1S/C25H25N3S/c1-16-5-4-10-28(16)21-12-19(13-21)25-27-23-9-8-17(14-24(23)29-25)20-11-18-6-2-3-7-22(18)26-15-20/h2-3,6-9,11,14-16,19,21H,4-5,10,12-13H2,1H3/t16-,19?,21?/m1/s1. The topological polar surface area (TPSA) is 29.0 Å². The molecule has 0 unspecified atom stereocenters. The lowest BCUT2D eigenvalue weighted by atomic mass is 9.79. The van der Waals surface area contributed by atoms with Gasteiger partial charge in [-0.3, -0.25) is 9.88 Å². The number of fused-ring (bicyclic) bond motifs is 2. The van der Waals surface area contributed by atoms with Gasteiger partial charge in [0, 0.05) is 35.1 Å². The van der Waals surface area contributed by atoms with Crippen molar-refractivity contribution in [2.24, 2.45) is 0 Å². The molecule has 4 heteroatoms. The van der Waals surface area contributed by atoms with Crippen molar-refractivity contribution in [1.82, 2.24) is 14.9 Å². The van der Waals surface area contributed by atoms with E-state index < -0.39 is 0 Å². The number of aromatic nitrogens is 2. The molecule has 1 saturated carbocycles. The molecule has 0 radical (unpaired) electrons. The summed E-state index contributed by atoms with van der Waals surface area (Å²) < 4.78 is 1.30. The normalized spacial score (nSPS) is 24.9. The average molecular weight is 400 g/mol. The second-order valence-corrected chi connectivity index (χ2v) is 9.76. The van der Waals surface area contributed by atoms with Crippen LogP contribution in [0.1, 0.15) is 43.5 Å². The van der Waals surface area contributed by atoms with Gasteiger partial charge in [0.2, 0.25) is 0 Å². The monoisotopic (exact) mass is 399 g/mol. The van der Waals surface area contributed by atoms with E-state index in [1.807, 2.05) is 23.6 Å². The van der Waals surface area contributed by atoms with Crippen LogP contribution in [-0.2, 0) is 0 Å². The van der Waals surface area contributed by atoms with Gasteiger partial charge in [-0.15, -0.1) is 11.3 Å². The maximum atomic E-state index is 4.98. The minimum Gasteiger partial charge on any atom is -0.298 e. The van der Waals surface area contributed by atoms with Gasteiger partial charge < -0.3 is 0 Å². The maximum Gasteiger partial charge on any atom is 0.0970 e. The van der Waals surface area contributed by atoms with Crippen LogP contribution in [0.15, 0.2) is 54.7 Å². The summed E-state index contributed by atoms with van der Waals surface area (Å²) in [6.07, 6.45) is 7.29. The van der Waals surface area contributed by atoms with E-state index in [1.165, 1.54) is 58.4 Å². The van der Waals surface area contributed by atoms with E-state index >= 15 is 0 Å². The summed E-state index contributed by atoms with van der Waals surface area (Å²) in [5.74, 6) is 0.649. The third kappa shape index (κ3) is 3.06. The van der Waals surface area contributed by atoms with Gasteiger partial charge in [0.1, 0.15) is 0 Å². The molecule has 0 spiro atoms. The smallest absolute Gasteiger partial charge is 0.0970 e. The molecule has 2 aromatic heterocycles. The zero-order chi connectivity index (χ0) is 19.4. The number of para-hydroxylation sites is 1. The molecule has 2 aliphatic rings. The summed E-state index contributed by atoms with van der Waals surface area (Å²) in [4.78, 5) is 12.3. The van der Waals surface area contributed by atoms with Crippen LogP contribution >= 0.6 is 11.3 Å². The Balaban J connectivity index is 1.25. The van der Waals surface area contributed by atoms with Gasteiger partial charge in [-0.25, -0.2) is 4.98 Å². The fraction of sp³-hybridized carbons (Fsp3) is 0.360. The zero-order valence-corrected chi connectivity index (χ0v) is 17.5. The number of pyridine rings is 1. The molecule has 0 bridgehead atoms. The molecule has 1 aliphatic carbocycles. The molecule has 3 heterocycles. The first kappa shape index (κ1) is 17.5. The fourth-order valence-corrected chi connectivity index (χ4v) is 6.22. The number of thiazole rings is 1. The molecule has 1 saturated heterocycles. The van der Waals surface area contributed by atoms with Crippen molar-refractivity contribution in [3.05, 3.63) is 59.7 Å². The van der Waals surface area contributed by atoms with Crippen molar-refractivity contribution in [2.75, 3.05) is 6.54 Å².